The SMILES string of the molecule is Cc1cc(=O)c2c(O)c3c(cc2o1)OC(C)(C)[C@@H]1OC(=O)[C@@]2(O[C@@H]2CCc2cc(N)nc(-c4cc(N)nc(C[NH+]5C=C6C=CN=C6C5)c4)c2)C2CCC(CC2)[C@H]31. The Morgan fingerprint density at radius 1 is 1.00 bits per heavy atom. The number of nitrogen functional groups attached to an aromatic ring is 2. The average molecular weight is 758 g/mol. The van der Waals surface area contributed by atoms with Gasteiger partial charge in [0.05, 0.1) is 23.1 Å². The molecule has 6 N–H and O–H groups in total. The summed E-state index contributed by atoms with van der Waals surface area (Å²) in [6, 6.07) is 10.8. The molecule has 3 saturated heterocycles. The number of aliphatic imine (C=N–C) groups is 1. The molecule has 6 aliphatic heterocycles. The second-order valence-electron chi connectivity index (χ2n) is 16.9. The highest BCUT2D eigenvalue weighted by atomic mass is 16.7. The van der Waals surface area contributed by atoms with Gasteiger partial charge in [-0.05, 0) is 101 Å². The minimum absolute atomic E-state index is 0.00698. The zero-order valence-electron chi connectivity index (χ0n) is 31.6. The van der Waals surface area contributed by atoms with Crippen LogP contribution in [0.1, 0.15) is 74.5 Å². The van der Waals surface area contributed by atoms with Crippen molar-refractivity contribution in [2.45, 2.75) is 95.2 Å². The summed E-state index contributed by atoms with van der Waals surface area (Å²) >= 11 is 0. The van der Waals surface area contributed by atoms with Gasteiger partial charge in [0.25, 0.3) is 0 Å². The molecular formula is C43H45N6O7+. The number of esters is 1. The number of phenolic OH excluding ortho intramolecular Hbond substituents is 1. The molecule has 1 spiro atoms. The summed E-state index contributed by atoms with van der Waals surface area (Å²) in [5.74, 6) is 0.857. The molecule has 3 aromatic heterocycles. The van der Waals surface area contributed by atoms with Gasteiger partial charge in [0.1, 0.15) is 76.6 Å². The number of pyridine rings is 2. The molecule has 13 heteroatoms. The van der Waals surface area contributed by atoms with Gasteiger partial charge in [-0.1, -0.05) is 0 Å². The number of phenols is 1. The number of aromatic hydroxyl groups is 1. The number of rotatable bonds is 6. The van der Waals surface area contributed by atoms with Crippen LogP contribution in [0.3, 0.4) is 0 Å². The first-order chi connectivity index (χ1) is 26.9. The van der Waals surface area contributed by atoms with E-state index in [4.69, 9.17) is 30.1 Å². The Labute approximate surface area is 323 Å². The van der Waals surface area contributed by atoms with Crippen LogP contribution in [-0.2, 0) is 27.2 Å². The van der Waals surface area contributed by atoms with Gasteiger partial charge < -0.3 is 35.2 Å². The van der Waals surface area contributed by atoms with E-state index < -0.39 is 23.3 Å². The van der Waals surface area contributed by atoms with Crippen LogP contribution in [0.2, 0.25) is 0 Å². The maximum Gasteiger partial charge on any atom is 0.341 e. The number of nitrogens with two attached hydrogens (primary N) is 2. The number of epoxide rings is 1. The minimum Gasteiger partial charge on any atom is -0.507 e. The van der Waals surface area contributed by atoms with Gasteiger partial charge in [0.2, 0.25) is 0 Å². The van der Waals surface area contributed by atoms with Crippen LogP contribution >= 0.6 is 0 Å². The second kappa shape index (κ2) is 12.5. The summed E-state index contributed by atoms with van der Waals surface area (Å²) in [7, 11) is 0. The fraction of sp³-hybridized carbons (Fsp3) is 0.419. The van der Waals surface area contributed by atoms with E-state index in [1.54, 1.807) is 13.0 Å². The Kier molecular flexibility index (Phi) is 7.79. The van der Waals surface area contributed by atoms with Crippen LogP contribution in [0.5, 0.6) is 11.5 Å². The van der Waals surface area contributed by atoms with Crippen molar-refractivity contribution in [3.05, 3.63) is 93.3 Å². The maximum atomic E-state index is 14.5. The standard InChI is InChI=1S/C43H44N6O7/c1-21-12-30(50)37-31(53-21)17-32-38(39(37)51)36-23-5-7-26(8-6-23)43(41(52)54-40(36)42(2,3)55-32)33(56-43)9-4-22-13-28(48-34(44)14-22)25-15-27(47-35(45)16-25)19-49-18-24-10-11-46-29(24)20-49/h10-18,23,26,33,36,40,51H,4-9,19-20H2,1-3H3,(H2,44,48)(H2,45,47)/p+1/t23?,26?,33-,36-,40-,43-/m1/s1. The van der Waals surface area contributed by atoms with Crippen molar-refractivity contribution in [1.29, 1.82) is 0 Å². The van der Waals surface area contributed by atoms with Gasteiger partial charge in [-0.3, -0.25) is 14.7 Å². The molecule has 288 valence electrons. The van der Waals surface area contributed by atoms with Crippen molar-refractivity contribution < 1.29 is 33.4 Å². The topological polar surface area (TPSA) is 193 Å². The molecule has 11 rings (SSSR count). The highest BCUT2D eigenvalue weighted by Crippen LogP contribution is 2.60. The zero-order valence-corrected chi connectivity index (χ0v) is 31.6. The van der Waals surface area contributed by atoms with Gasteiger partial charge in [0, 0.05) is 41.3 Å². The predicted octanol–water partition coefficient (Wildman–Crippen LogP) is 4.44. The Balaban J connectivity index is 0.899. The van der Waals surface area contributed by atoms with E-state index in [1.807, 2.05) is 50.4 Å². The molecule has 4 fully saturated rings. The van der Waals surface area contributed by atoms with Crippen LogP contribution in [0.25, 0.3) is 22.2 Å². The number of carbonyl (C=O) groups excluding carboxylic acids is 1. The lowest BCUT2D eigenvalue weighted by Gasteiger charge is -2.47. The lowest BCUT2D eigenvalue weighted by atomic mass is 9.66. The number of ether oxygens (including phenoxy) is 3. The van der Waals surface area contributed by atoms with Gasteiger partial charge in [-0.15, -0.1) is 0 Å². The molecular weight excluding hydrogens is 713 g/mol. The highest BCUT2D eigenvalue weighted by Gasteiger charge is 2.69. The predicted molar refractivity (Wildman–Crippen MR) is 208 cm³/mol. The Morgan fingerprint density at radius 2 is 1.80 bits per heavy atom. The summed E-state index contributed by atoms with van der Waals surface area (Å²) in [6.07, 6.45) is 9.38. The first kappa shape index (κ1) is 34.9. The molecule has 4 aromatic rings. The monoisotopic (exact) mass is 757 g/mol. The average Bonchev–Trinajstić information content (AvgIpc) is 3.48. The van der Waals surface area contributed by atoms with Crippen molar-refractivity contribution in [3.63, 3.8) is 0 Å². The van der Waals surface area contributed by atoms with E-state index in [0.29, 0.717) is 53.8 Å². The molecule has 9 heterocycles. The number of aryl methyl sites for hydroxylation is 2. The number of carbonyl (C=O) groups is 1. The Bertz CT molecular complexity index is 2500. The number of hydrogen-bond donors (Lipinski definition) is 4. The Morgan fingerprint density at radius 3 is 2.61 bits per heavy atom. The minimum atomic E-state index is -1.07. The molecule has 7 aliphatic rings. The molecule has 2 bridgehead atoms. The number of quaternary nitrogens is 1. The summed E-state index contributed by atoms with van der Waals surface area (Å²) in [5, 5.41) is 11.8. The number of anilines is 2. The third-order valence-electron chi connectivity index (χ3n) is 12.8. The molecule has 1 aromatic carbocycles. The summed E-state index contributed by atoms with van der Waals surface area (Å²) in [4.78, 5) is 42.6. The molecule has 1 saturated carbocycles. The summed E-state index contributed by atoms with van der Waals surface area (Å²) < 4.78 is 25.4. The Hall–Kier alpha value is -5.53. The largest absolute Gasteiger partial charge is 0.507 e. The van der Waals surface area contributed by atoms with Crippen molar-refractivity contribution >= 4 is 34.3 Å². The fourth-order valence-corrected chi connectivity index (χ4v) is 10.3. The normalized spacial score (nSPS) is 29.4. The molecule has 56 heavy (non-hydrogen) atoms. The molecule has 5 atom stereocenters. The van der Waals surface area contributed by atoms with E-state index >= 15 is 0 Å². The first-order valence-electron chi connectivity index (χ1n) is 19.6. The summed E-state index contributed by atoms with van der Waals surface area (Å²) in [5.41, 5.74) is 16.7. The fourth-order valence-electron chi connectivity index (χ4n) is 10.3. The number of nitrogens with one attached hydrogen (secondary N) is 1. The van der Waals surface area contributed by atoms with Crippen LogP contribution < -0.4 is 26.5 Å². The van der Waals surface area contributed by atoms with Crippen molar-refractivity contribution in [3.8, 4) is 22.8 Å². The maximum absolute atomic E-state index is 14.5. The van der Waals surface area contributed by atoms with E-state index in [0.717, 1.165) is 60.3 Å². The van der Waals surface area contributed by atoms with Gasteiger partial charge in [-0.25, -0.2) is 14.8 Å². The highest BCUT2D eigenvalue weighted by molar-refractivity contribution is 6.06. The third-order valence-corrected chi connectivity index (χ3v) is 12.8. The number of allylic oxidation sites excluding steroid dienone is 1. The lowest BCUT2D eigenvalue weighted by Crippen LogP contribution is -3.05. The lowest BCUT2D eigenvalue weighted by molar-refractivity contribution is -0.848. The van der Waals surface area contributed by atoms with Crippen LogP contribution in [0, 0.1) is 18.8 Å². The number of fused-ring (bicyclic) bond motifs is 6. The van der Waals surface area contributed by atoms with E-state index in [2.05, 4.69) is 21.2 Å². The van der Waals surface area contributed by atoms with Crippen LogP contribution in [0.15, 0.2) is 74.7 Å². The molecule has 0 amide bonds. The van der Waals surface area contributed by atoms with E-state index in [9.17, 15) is 14.7 Å². The van der Waals surface area contributed by atoms with Crippen molar-refractivity contribution in [2.24, 2.45) is 16.8 Å². The van der Waals surface area contributed by atoms with Gasteiger partial charge >= 0.3 is 5.97 Å². The molecule has 13 nitrogen and oxygen atoms in total. The zero-order chi connectivity index (χ0) is 38.7. The van der Waals surface area contributed by atoms with Gasteiger partial charge in [0.15, 0.2) is 11.0 Å². The van der Waals surface area contributed by atoms with Crippen LogP contribution in [-0.4, -0.2) is 56.7 Å². The third kappa shape index (κ3) is 5.62. The number of benzene rings is 1. The summed E-state index contributed by atoms with van der Waals surface area (Å²) in [6.45, 7) is 6.98. The van der Waals surface area contributed by atoms with Crippen molar-refractivity contribution in [1.82, 2.24) is 9.97 Å². The molecule has 1 unspecified atom stereocenters. The number of hydrogen-bond acceptors (Lipinski definition) is 12. The van der Waals surface area contributed by atoms with Crippen molar-refractivity contribution in [2.75, 3.05) is 18.0 Å². The quantitative estimate of drug-likeness (QED) is 0.161. The smallest absolute Gasteiger partial charge is 0.341 e. The van der Waals surface area contributed by atoms with E-state index in [1.165, 1.54) is 11.0 Å². The number of aromatic nitrogens is 2. The van der Waals surface area contributed by atoms with Gasteiger partial charge in [-0.2, -0.15) is 0 Å². The molecule has 0 radical (unpaired) electrons. The first-order valence-corrected chi connectivity index (χ1v) is 19.6. The number of nitrogens with zero attached hydrogens (tertiary/aromatic N) is 3. The molecule has 1 aliphatic carbocycles. The van der Waals surface area contributed by atoms with Crippen LogP contribution in [0.4, 0.5) is 11.6 Å². The van der Waals surface area contributed by atoms with E-state index in [-0.39, 0.29) is 46.0 Å². The second-order valence-corrected chi connectivity index (χ2v) is 16.9.